The lowest BCUT2D eigenvalue weighted by Gasteiger charge is -2.10. The van der Waals surface area contributed by atoms with Crippen molar-refractivity contribution in [2.45, 2.75) is 17.5 Å². The number of alkyl halides is 3. The zero-order valence-electron chi connectivity index (χ0n) is 10.9. The van der Waals surface area contributed by atoms with E-state index in [0.717, 1.165) is 18.2 Å². The van der Waals surface area contributed by atoms with E-state index < -0.39 is 43.9 Å². The summed E-state index contributed by atoms with van der Waals surface area (Å²) in [5.74, 6) is -1.82. The van der Waals surface area contributed by atoms with Crippen molar-refractivity contribution in [3.05, 3.63) is 29.8 Å². The summed E-state index contributed by atoms with van der Waals surface area (Å²) in [7, 11) is -4.08. The monoisotopic (exact) mass is 322 g/mol. The molecule has 0 aliphatic carbocycles. The van der Waals surface area contributed by atoms with Gasteiger partial charge in [0.2, 0.25) is 0 Å². The van der Waals surface area contributed by atoms with Crippen molar-refractivity contribution in [1.82, 2.24) is 0 Å². The van der Waals surface area contributed by atoms with Crippen LogP contribution in [0, 0.1) is 5.92 Å². The quantitative estimate of drug-likeness (QED) is 0.851. The van der Waals surface area contributed by atoms with Gasteiger partial charge in [-0.1, -0.05) is 6.07 Å². The van der Waals surface area contributed by atoms with E-state index in [0.29, 0.717) is 19.1 Å². The first kappa shape index (κ1) is 16.0. The van der Waals surface area contributed by atoms with E-state index in [2.05, 4.69) is 0 Å². The molecule has 2 rings (SSSR count). The van der Waals surface area contributed by atoms with Crippen LogP contribution in [0.1, 0.15) is 12.0 Å². The third-order valence-electron chi connectivity index (χ3n) is 3.24. The van der Waals surface area contributed by atoms with Gasteiger partial charge in [-0.2, -0.15) is 13.2 Å². The Hall–Kier alpha value is -1.41. The summed E-state index contributed by atoms with van der Waals surface area (Å²) in [6.07, 6.45) is -4.19. The van der Waals surface area contributed by atoms with Crippen molar-refractivity contribution < 1.29 is 31.1 Å². The molecule has 0 N–H and O–H groups in total. The normalized spacial score (nSPS) is 19.7. The fourth-order valence-corrected chi connectivity index (χ4v) is 3.41. The minimum atomic E-state index is -4.63. The number of ketones is 1. The number of hydrogen-bond acceptors (Lipinski definition) is 4. The molecule has 1 fully saturated rings. The van der Waals surface area contributed by atoms with Crippen LogP contribution >= 0.6 is 0 Å². The molecule has 116 valence electrons. The standard InChI is InChI=1S/C13H13F3O4S/c14-13(15,16)10-2-1-3-11(6-10)21(18,19)8-12(17)9-4-5-20-7-9/h1-3,6,9H,4-5,7-8H2. The summed E-state index contributed by atoms with van der Waals surface area (Å²) in [5.41, 5.74) is -1.06. The zero-order chi connectivity index (χ0) is 15.7. The van der Waals surface area contributed by atoms with Gasteiger partial charge in [0.25, 0.3) is 0 Å². The van der Waals surface area contributed by atoms with Gasteiger partial charge in [0.1, 0.15) is 5.75 Å². The average molecular weight is 322 g/mol. The van der Waals surface area contributed by atoms with Crippen LogP contribution in [0.15, 0.2) is 29.2 Å². The molecule has 1 aromatic carbocycles. The van der Waals surface area contributed by atoms with E-state index in [1.165, 1.54) is 0 Å². The molecule has 8 heteroatoms. The molecule has 1 unspecified atom stereocenters. The van der Waals surface area contributed by atoms with Gasteiger partial charge in [0.15, 0.2) is 15.6 Å². The number of carbonyl (C=O) groups excluding carboxylic acids is 1. The van der Waals surface area contributed by atoms with E-state index in [-0.39, 0.29) is 6.61 Å². The molecular weight excluding hydrogens is 309 g/mol. The smallest absolute Gasteiger partial charge is 0.381 e. The van der Waals surface area contributed by atoms with E-state index in [1.54, 1.807) is 0 Å². The summed E-state index contributed by atoms with van der Waals surface area (Å²) in [4.78, 5) is 11.3. The van der Waals surface area contributed by atoms with Crippen LogP contribution in [0.2, 0.25) is 0 Å². The summed E-state index contributed by atoms with van der Waals surface area (Å²) >= 11 is 0. The second-order valence-electron chi connectivity index (χ2n) is 4.81. The average Bonchev–Trinajstić information content (AvgIpc) is 2.91. The number of ether oxygens (including phenoxy) is 1. The van der Waals surface area contributed by atoms with Crippen molar-refractivity contribution in [2.24, 2.45) is 5.92 Å². The SMILES string of the molecule is O=C(CS(=O)(=O)c1cccc(C(F)(F)F)c1)C1CCOC1. The van der Waals surface area contributed by atoms with Crippen LogP contribution in [0.4, 0.5) is 13.2 Å². The van der Waals surface area contributed by atoms with E-state index in [1.807, 2.05) is 0 Å². The van der Waals surface area contributed by atoms with Gasteiger partial charge >= 0.3 is 6.18 Å². The molecular formula is C13H13F3O4S. The first-order valence-corrected chi connectivity index (χ1v) is 7.86. The Bertz CT molecular complexity index is 631. The third kappa shape index (κ3) is 3.82. The number of hydrogen-bond donors (Lipinski definition) is 0. The first-order valence-electron chi connectivity index (χ1n) is 6.20. The molecule has 1 atom stereocenters. The minimum absolute atomic E-state index is 0.164. The van der Waals surface area contributed by atoms with E-state index in [9.17, 15) is 26.4 Å². The van der Waals surface area contributed by atoms with Gasteiger partial charge in [-0.05, 0) is 24.6 Å². The lowest BCUT2D eigenvalue weighted by atomic mass is 10.1. The van der Waals surface area contributed by atoms with Crippen molar-refractivity contribution in [3.63, 3.8) is 0 Å². The number of halogens is 3. The van der Waals surface area contributed by atoms with Crippen LogP contribution in [0.3, 0.4) is 0 Å². The predicted molar refractivity (Wildman–Crippen MR) is 67.4 cm³/mol. The molecule has 0 bridgehead atoms. The Kier molecular flexibility index (Phi) is 4.38. The second-order valence-corrected chi connectivity index (χ2v) is 6.80. The maximum atomic E-state index is 12.6. The van der Waals surface area contributed by atoms with Gasteiger partial charge in [-0.3, -0.25) is 4.79 Å². The van der Waals surface area contributed by atoms with Crippen LogP contribution in [-0.4, -0.2) is 33.2 Å². The molecule has 1 heterocycles. The predicted octanol–water partition coefficient (Wildman–Crippen LogP) is 2.08. The van der Waals surface area contributed by atoms with Crippen LogP contribution in [0.25, 0.3) is 0 Å². The number of carbonyl (C=O) groups is 1. The molecule has 1 aliphatic rings. The Morgan fingerprint density at radius 2 is 2.05 bits per heavy atom. The van der Waals surface area contributed by atoms with E-state index in [4.69, 9.17) is 4.74 Å². The fraction of sp³-hybridized carbons (Fsp3) is 0.462. The minimum Gasteiger partial charge on any atom is -0.381 e. The van der Waals surface area contributed by atoms with Gasteiger partial charge in [-0.25, -0.2) is 8.42 Å². The molecule has 1 aromatic rings. The molecule has 1 aliphatic heterocycles. The van der Waals surface area contributed by atoms with E-state index >= 15 is 0 Å². The number of Topliss-reactive ketones (excluding diaryl/α,β-unsaturated/α-hetero) is 1. The third-order valence-corrected chi connectivity index (χ3v) is 4.87. The van der Waals surface area contributed by atoms with Gasteiger partial charge < -0.3 is 4.74 Å². The van der Waals surface area contributed by atoms with Crippen LogP contribution in [-0.2, 0) is 25.5 Å². The van der Waals surface area contributed by atoms with Crippen molar-refractivity contribution in [3.8, 4) is 0 Å². The molecule has 0 amide bonds. The number of benzene rings is 1. The molecule has 0 radical (unpaired) electrons. The molecule has 21 heavy (non-hydrogen) atoms. The van der Waals surface area contributed by atoms with Crippen molar-refractivity contribution >= 4 is 15.6 Å². The fourth-order valence-electron chi connectivity index (χ4n) is 2.04. The Labute approximate surface area is 119 Å². The van der Waals surface area contributed by atoms with Gasteiger partial charge in [-0.15, -0.1) is 0 Å². The highest BCUT2D eigenvalue weighted by atomic mass is 32.2. The highest BCUT2D eigenvalue weighted by Crippen LogP contribution is 2.30. The summed E-state index contributed by atoms with van der Waals surface area (Å²) in [6.45, 7) is 0.553. The molecule has 4 nitrogen and oxygen atoms in total. The van der Waals surface area contributed by atoms with Crippen molar-refractivity contribution in [2.75, 3.05) is 19.0 Å². The Balaban J connectivity index is 2.21. The zero-order valence-corrected chi connectivity index (χ0v) is 11.7. The van der Waals surface area contributed by atoms with Crippen LogP contribution in [0.5, 0.6) is 0 Å². The summed E-state index contributed by atoms with van der Waals surface area (Å²) < 4.78 is 66.9. The highest BCUT2D eigenvalue weighted by molar-refractivity contribution is 7.92. The largest absolute Gasteiger partial charge is 0.416 e. The lowest BCUT2D eigenvalue weighted by molar-refractivity contribution is -0.137. The maximum absolute atomic E-state index is 12.6. The molecule has 0 spiro atoms. The number of rotatable bonds is 4. The molecule has 0 saturated carbocycles. The molecule has 0 aromatic heterocycles. The number of sulfone groups is 1. The summed E-state index contributed by atoms with van der Waals surface area (Å²) in [5, 5.41) is 0. The topological polar surface area (TPSA) is 60.4 Å². The highest BCUT2D eigenvalue weighted by Gasteiger charge is 2.33. The Morgan fingerprint density at radius 3 is 2.62 bits per heavy atom. The van der Waals surface area contributed by atoms with Crippen molar-refractivity contribution in [1.29, 1.82) is 0 Å². The van der Waals surface area contributed by atoms with Gasteiger partial charge in [0.05, 0.1) is 17.1 Å². The Morgan fingerprint density at radius 1 is 1.33 bits per heavy atom. The first-order chi connectivity index (χ1) is 9.70. The second kappa shape index (κ2) is 5.76. The summed E-state index contributed by atoms with van der Waals surface area (Å²) in [6, 6.07) is 3.40. The van der Waals surface area contributed by atoms with Crippen LogP contribution < -0.4 is 0 Å². The maximum Gasteiger partial charge on any atom is 0.416 e. The van der Waals surface area contributed by atoms with Gasteiger partial charge in [0, 0.05) is 12.5 Å². The lowest BCUT2D eigenvalue weighted by Crippen LogP contribution is -2.24. The molecule has 1 saturated heterocycles.